The second-order valence-corrected chi connectivity index (χ2v) is 3.71. The van der Waals surface area contributed by atoms with Crippen LogP contribution in [0, 0.1) is 6.92 Å². The summed E-state index contributed by atoms with van der Waals surface area (Å²) in [5, 5.41) is 4.32. The molecule has 5 nitrogen and oxygen atoms in total. The quantitative estimate of drug-likeness (QED) is 0.753. The second kappa shape index (κ2) is 4.94. The minimum absolute atomic E-state index is 0.757. The van der Waals surface area contributed by atoms with Gasteiger partial charge in [-0.3, -0.25) is 0 Å². The number of H-pyrrole nitrogens is 1. The van der Waals surface area contributed by atoms with E-state index < -0.39 is 0 Å². The highest BCUT2D eigenvalue weighted by molar-refractivity contribution is 5.87. The van der Waals surface area contributed by atoms with Gasteiger partial charge in [-0.1, -0.05) is 0 Å². The molecule has 0 aliphatic heterocycles. The molecule has 0 saturated carbocycles. The highest BCUT2D eigenvalue weighted by Gasteiger charge is 2.04. The fourth-order valence-corrected chi connectivity index (χ4v) is 1.64. The smallest absolute Gasteiger partial charge is 0.143 e. The second-order valence-electron chi connectivity index (χ2n) is 3.71. The topological polar surface area (TPSA) is 62.8 Å². The van der Waals surface area contributed by atoms with Gasteiger partial charge in [0.05, 0.1) is 5.39 Å². The molecule has 2 N–H and O–H groups in total. The van der Waals surface area contributed by atoms with Gasteiger partial charge in [-0.2, -0.15) is 0 Å². The molecule has 0 atom stereocenters. The zero-order valence-corrected chi connectivity index (χ0v) is 9.58. The van der Waals surface area contributed by atoms with Crippen LogP contribution in [0.3, 0.4) is 0 Å². The molecular weight excluding hydrogens is 204 g/mol. The molecule has 5 heteroatoms. The zero-order valence-electron chi connectivity index (χ0n) is 9.58. The predicted octanol–water partition coefficient (Wildman–Crippen LogP) is 1.71. The van der Waals surface area contributed by atoms with Gasteiger partial charge in [0.25, 0.3) is 0 Å². The minimum Gasteiger partial charge on any atom is -0.385 e. The standard InChI is InChI=1S/C11H16N4O/c1-8-6-9-10(12-4-3-5-16-2)13-7-14-11(9)15-8/h6-7H,3-5H2,1-2H3,(H2,12,13,14,15). The number of nitrogens with zero attached hydrogens (tertiary/aromatic N) is 2. The van der Waals surface area contributed by atoms with E-state index >= 15 is 0 Å². The molecule has 0 aromatic carbocycles. The molecule has 2 rings (SSSR count). The van der Waals surface area contributed by atoms with Crippen LogP contribution in [-0.4, -0.2) is 35.2 Å². The van der Waals surface area contributed by atoms with Gasteiger partial charge >= 0.3 is 0 Å². The molecule has 0 fully saturated rings. The van der Waals surface area contributed by atoms with Crippen molar-refractivity contribution in [1.29, 1.82) is 0 Å². The number of methoxy groups -OCH3 is 1. The molecule has 2 aromatic heterocycles. The first-order valence-corrected chi connectivity index (χ1v) is 5.34. The minimum atomic E-state index is 0.757. The Kier molecular flexibility index (Phi) is 3.36. The number of anilines is 1. The molecular formula is C11H16N4O. The normalized spacial score (nSPS) is 10.9. The summed E-state index contributed by atoms with van der Waals surface area (Å²) in [6.07, 6.45) is 2.53. The maximum atomic E-state index is 4.99. The molecule has 0 saturated heterocycles. The van der Waals surface area contributed by atoms with Gasteiger partial charge in [0.2, 0.25) is 0 Å². The average Bonchev–Trinajstić information content (AvgIpc) is 2.65. The predicted molar refractivity (Wildman–Crippen MR) is 63.6 cm³/mol. The van der Waals surface area contributed by atoms with E-state index in [2.05, 4.69) is 20.3 Å². The van der Waals surface area contributed by atoms with Crippen molar-refractivity contribution in [3.63, 3.8) is 0 Å². The number of aryl methyl sites for hydroxylation is 1. The van der Waals surface area contributed by atoms with Crippen molar-refractivity contribution in [3.05, 3.63) is 18.1 Å². The lowest BCUT2D eigenvalue weighted by Crippen LogP contribution is -2.06. The molecule has 0 unspecified atom stereocenters. The van der Waals surface area contributed by atoms with Gasteiger partial charge in [0.15, 0.2) is 0 Å². The van der Waals surface area contributed by atoms with Crippen molar-refractivity contribution in [2.45, 2.75) is 13.3 Å². The molecule has 0 radical (unpaired) electrons. The van der Waals surface area contributed by atoms with E-state index in [0.29, 0.717) is 0 Å². The Morgan fingerprint density at radius 2 is 2.31 bits per heavy atom. The molecule has 2 heterocycles. The summed E-state index contributed by atoms with van der Waals surface area (Å²) in [6, 6.07) is 2.05. The Labute approximate surface area is 94.2 Å². The Balaban J connectivity index is 2.11. The lowest BCUT2D eigenvalue weighted by Gasteiger charge is -2.05. The molecule has 0 amide bonds. The van der Waals surface area contributed by atoms with Crippen LogP contribution in [0.4, 0.5) is 5.82 Å². The molecule has 0 bridgehead atoms. The number of nitrogens with one attached hydrogen (secondary N) is 2. The van der Waals surface area contributed by atoms with Crippen molar-refractivity contribution in [2.75, 3.05) is 25.6 Å². The average molecular weight is 220 g/mol. The first-order chi connectivity index (χ1) is 7.81. The van der Waals surface area contributed by atoms with Gasteiger partial charge in [-0.05, 0) is 19.4 Å². The van der Waals surface area contributed by atoms with Crippen LogP contribution in [0.1, 0.15) is 12.1 Å². The first-order valence-electron chi connectivity index (χ1n) is 5.34. The molecule has 16 heavy (non-hydrogen) atoms. The van der Waals surface area contributed by atoms with Gasteiger partial charge < -0.3 is 15.0 Å². The van der Waals surface area contributed by atoms with Gasteiger partial charge in [0, 0.05) is 26.0 Å². The van der Waals surface area contributed by atoms with Gasteiger partial charge in [-0.25, -0.2) is 9.97 Å². The van der Waals surface area contributed by atoms with Crippen LogP contribution in [0.5, 0.6) is 0 Å². The zero-order chi connectivity index (χ0) is 11.4. The third-order valence-electron chi connectivity index (χ3n) is 2.38. The van der Waals surface area contributed by atoms with E-state index in [0.717, 1.165) is 42.1 Å². The van der Waals surface area contributed by atoms with E-state index in [4.69, 9.17) is 4.74 Å². The van der Waals surface area contributed by atoms with Crippen molar-refractivity contribution in [3.8, 4) is 0 Å². The van der Waals surface area contributed by atoms with Gasteiger partial charge in [-0.15, -0.1) is 0 Å². The Morgan fingerprint density at radius 3 is 3.12 bits per heavy atom. The van der Waals surface area contributed by atoms with E-state index in [1.165, 1.54) is 0 Å². The van der Waals surface area contributed by atoms with Crippen LogP contribution >= 0.6 is 0 Å². The number of rotatable bonds is 5. The summed E-state index contributed by atoms with van der Waals surface area (Å²) in [7, 11) is 1.71. The van der Waals surface area contributed by atoms with Crippen molar-refractivity contribution >= 4 is 16.9 Å². The van der Waals surface area contributed by atoms with Gasteiger partial charge in [0.1, 0.15) is 17.8 Å². The number of aromatic amines is 1. The summed E-state index contributed by atoms with van der Waals surface area (Å²) in [6.45, 7) is 3.62. The Hall–Kier alpha value is -1.62. The lowest BCUT2D eigenvalue weighted by atomic mass is 10.3. The molecule has 86 valence electrons. The SMILES string of the molecule is COCCCNc1ncnc2[nH]c(C)cc12. The summed E-state index contributed by atoms with van der Waals surface area (Å²) in [5.74, 6) is 0.880. The number of aromatic nitrogens is 3. The molecule has 2 aromatic rings. The first kappa shape index (κ1) is 10.9. The number of hydrogen-bond acceptors (Lipinski definition) is 4. The summed E-state index contributed by atoms with van der Waals surface area (Å²) < 4.78 is 4.99. The van der Waals surface area contributed by atoms with E-state index in [1.54, 1.807) is 13.4 Å². The molecule has 0 spiro atoms. The maximum Gasteiger partial charge on any atom is 0.143 e. The number of ether oxygens (including phenoxy) is 1. The third-order valence-corrected chi connectivity index (χ3v) is 2.38. The fraction of sp³-hybridized carbons (Fsp3) is 0.455. The van der Waals surface area contributed by atoms with Crippen LogP contribution in [0.25, 0.3) is 11.0 Å². The fourth-order valence-electron chi connectivity index (χ4n) is 1.64. The highest BCUT2D eigenvalue weighted by Crippen LogP contribution is 2.19. The Bertz CT molecular complexity index is 466. The van der Waals surface area contributed by atoms with Crippen LogP contribution < -0.4 is 5.32 Å². The summed E-state index contributed by atoms with van der Waals surface area (Å²) in [4.78, 5) is 11.6. The maximum absolute atomic E-state index is 4.99. The third kappa shape index (κ3) is 2.30. The van der Waals surface area contributed by atoms with E-state index in [-0.39, 0.29) is 0 Å². The lowest BCUT2D eigenvalue weighted by molar-refractivity contribution is 0.198. The van der Waals surface area contributed by atoms with Crippen molar-refractivity contribution in [2.24, 2.45) is 0 Å². The largest absolute Gasteiger partial charge is 0.385 e. The van der Waals surface area contributed by atoms with Crippen LogP contribution in [0.15, 0.2) is 12.4 Å². The number of hydrogen-bond donors (Lipinski definition) is 2. The summed E-state index contributed by atoms with van der Waals surface area (Å²) >= 11 is 0. The van der Waals surface area contributed by atoms with Crippen molar-refractivity contribution < 1.29 is 4.74 Å². The summed E-state index contributed by atoms with van der Waals surface area (Å²) in [5.41, 5.74) is 1.97. The van der Waals surface area contributed by atoms with Crippen LogP contribution in [0.2, 0.25) is 0 Å². The molecule has 0 aliphatic carbocycles. The van der Waals surface area contributed by atoms with Crippen molar-refractivity contribution in [1.82, 2.24) is 15.0 Å². The highest BCUT2D eigenvalue weighted by atomic mass is 16.5. The number of fused-ring (bicyclic) bond motifs is 1. The van der Waals surface area contributed by atoms with E-state index in [9.17, 15) is 0 Å². The Morgan fingerprint density at radius 1 is 1.44 bits per heavy atom. The monoisotopic (exact) mass is 220 g/mol. The molecule has 0 aliphatic rings. The van der Waals surface area contributed by atoms with Crippen LogP contribution in [-0.2, 0) is 4.74 Å². The van der Waals surface area contributed by atoms with E-state index in [1.807, 2.05) is 13.0 Å².